The van der Waals surface area contributed by atoms with Crippen LogP contribution in [0.5, 0.6) is 0 Å². The maximum Gasteiger partial charge on any atom is 0.159 e. The SMILES string of the molecule is CC(C)(C)c1ccc(C(O)c2ccc(F)c(F)c2)cc1. The summed E-state index contributed by atoms with van der Waals surface area (Å²) in [6.45, 7) is 6.31. The summed E-state index contributed by atoms with van der Waals surface area (Å²) in [4.78, 5) is 0. The Morgan fingerprint density at radius 3 is 1.90 bits per heavy atom. The van der Waals surface area contributed by atoms with E-state index in [2.05, 4.69) is 20.8 Å². The Bertz CT molecular complexity index is 597. The molecule has 1 nitrogen and oxygen atoms in total. The zero-order chi connectivity index (χ0) is 14.9. The van der Waals surface area contributed by atoms with Crippen molar-refractivity contribution in [2.75, 3.05) is 0 Å². The van der Waals surface area contributed by atoms with Gasteiger partial charge in [0.2, 0.25) is 0 Å². The molecule has 0 radical (unpaired) electrons. The second-order valence-electron chi connectivity index (χ2n) is 5.95. The average Bonchev–Trinajstić information content (AvgIpc) is 2.40. The van der Waals surface area contributed by atoms with E-state index < -0.39 is 17.7 Å². The van der Waals surface area contributed by atoms with E-state index in [-0.39, 0.29) is 5.41 Å². The lowest BCUT2D eigenvalue weighted by atomic mass is 9.86. The summed E-state index contributed by atoms with van der Waals surface area (Å²) < 4.78 is 26.1. The van der Waals surface area contributed by atoms with Gasteiger partial charge in [0.25, 0.3) is 0 Å². The summed E-state index contributed by atoms with van der Waals surface area (Å²) in [6.07, 6.45) is -0.959. The summed E-state index contributed by atoms with van der Waals surface area (Å²) in [5, 5.41) is 10.2. The highest BCUT2D eigenvalue weighted by Gasteiger charge is 2.16. The van der Waals surface area contributed by atoms with E-state index in [0.29, 0.717) is 11.1 Å². The molecular weight excluding hydrogens is 258 g/mol. The molecule has 0 saturated carbocycles. The van der Waals surface area contributed by atoms with Crippen LogP contribution in [-0.2, 0) is 5.41 Å². The first-order valence-corrected chi connectivity index (χ1v) is 6.52. The van der Waals surface area contributed by atoms with E-state index in [4.69, 9.17) is 0 Å². The quantitative estimate of drug-likeness (QED) is 0.865. The van der Waals surface area contributed by atoms with E-state index in [1.54, 1.807) is 0 Å². The van der Waals surface area contributed by atoms with E-state index in [1.807, 2.05) is 24.3 Å². The van der Waals surface area contributed by atoms with Gasteiger partial charge in [-0.05, 0) is 34.2 Å². The summed E-state index contributed by atoms with van der Waals surface area (Å²) in [6, 6.07) is 11.0. The monoisotopic (exact) mass is 276 g/mol. The van der Waals surface area contributed by atoms with Crippen LogP contribution in [0.4, 0.5) is 8.78 Å². The fourth-order valence-electron chi connectivity index (χ4n) is 2.04. The van der Waals surface area contributed by atoms with E-state index >= 15 is 0 Å². The van der Waals surface area contributed by atoms with Crippen LogP contribution in [0.1, 0.15) is 43.6 Å². The molecule has 2 rings (SSSR count). The fourth-order valence-corrected chi connectivity index (χ4v) is 2.04. The Hall–Kier alpha value is -1.74. The molecular formula is C17H18F2O. The summed E-state index contributed by atoms with van der Waals surface area (Å²) >= 11 is 0. The van der Waals surface area contributed by atoms with E-state index in [1.165, 1.54) is 6.07 Å². The van der Waals surface area contributed by atoms with Gasteiger partial charge in [-0.15, -0.1) is 0 Å². The maximum absolute atomic E-state index is 13.2. The van der Waals surface area contributed by atoms with Crippen LogP contribution in [0.25, 0.3) is 0 Å². The molecule has 0 fully saturated rings. The molecule has 0 saturated heterocycles. The Morgan fingerprint density at radius 2 is 1.40 bits per heavy atom. The van der Waals surface area contributed by atoms with Crippen molar-refractivity contribution in [2.24, 2.45) is 0 Å². The summed E-state index contributed by atoms with van der Waals surface area (Å²) in [7, 11) is 0. The van der Waals surface area contributed by atoms with Gasteiger partial charge in [0.15, 0.2) is 11.6 Å². The predicted molar refractivity (Wildman–Crippen MR) is 75.6 cm³/mol. The van der Waals surface area contributed by atoms with E-state index in [9.17, 15) is 13.9 Å². The van der Waals surface area contributed by atoms with Gasteiger partial charge >= 0.3 is 0 Å². The first kappa shape index (κ1) is 14.7. The van der Waals surface area contributed by atoms with Crippen molar-refractivity contribution < 1.29 is 13.9 Å². The number of halogens is 2. The lowest BCUT2D eigenvalue weighted by molar-refractivity contribution is 0.219. The van der Waals surface area contributed by atoms with Gasteiger partial charge in [-0.25, -0.2) is 8.78 Å². The molecule has 0 bridgehead atoms. The number of aliphatic hydroxyl groups is 1. The third kappa shape index (κ3) is 3.05. The topological polar surface area (TPSA) is 20.2 Å². The molecule has 0 amide bonds. The molecule has 0 aliphatic heterocycles. The smallest absolute Gasteiger partial charge is 0.159 e. The van der Waals surface area contributed by atoms with Crippen molar-refractivity contribution in [1.82, 2.24) is 0 Å². The minimum Gasteiger partial charge on any atom is -0.384 e. The minimum absolute atomic E-state index is 0.0332. The van der Waals surface area contributed by atoms with Crippen LogP contribution < -0.4 is 0 Å². The van der Waals surface area contributed by atoms with Gasteiger partial charge in [0.1, 0.15) is 6.10 Å². The third-order valence-corrected chi connectivity index (χ3v) is 3.35. The van der Waals surface area contributed by atoms with Crippen molar-refractivity contribution in [3.8, 4) is 0 Å². The molecule has 2 aromatic rings. The molecule has 0 spiro atoms. The Labute approximate surface area is 117 Å². The Balaban J connectivity index is 2.29. The number of hydrogen-bond donors (Lipinski definition) is 1. The molecule has 0 heterocycles. The zero-order valence-electron chi connectivity index (χ0n) is 11.8. The molecule has 0 aliphatic rings. The number of rotatable bonds is 2. The average molecular weight is 276 g/mol. The Morgan fingerprint density at radius 1 is 0.850 bits per heavy atom. The van der Waals surface area contributed by atoms with Crippen molar-refractivity contribution in [3.05, 3.63) is 70.8 Å². The molecule has 20 heavy (non-hydrogen) atoms. The number of hydrogen-bond acceptors (Lipinski definition) is 1. The van der Waals surface area contributed by atoms with Crippen LogP contribution in [0, 0.1) is 11.6 Å². The summed E-state index contributed by atoms with van der Waals surface area (Å²) in [5.41, 5.74) is 2.18. The lowest BCUT2D eigenvalue weighted by Crippen LogP contribution is -2.11. The number of aliphatic hydroxyl groups excluding tert-OH is 1. The second kappa shape index (κ2) is 5.33. The highest BCUT2D eigenvalue weighted by atomic mass is 19.2. The minimum atomic E-state index is -0.959. The number of benzene rings is 2. The second-order valence-corrected chi connectivity index (χ2v) is 5.95. The van der Waals surface area contributed by atoms with Crippen molar-refractivity contribution >= 4 is 0 Å². The van der Waals surface area contributed by atoms with E-state index in [0.717, 1.165) is 17.7 Å². The molecule has 1 N–H and O–H groups in total. The standard InChI is InChI=1S/C17H18F2O/c1-17(2,3)13-7-4-11(5-8-13)16(20)12-6-9-14(18)15(19)10-12/h4-10,16,20H,1-3H3. The zero-order valence-corrected chi connectivity index (χ0v) is 11.8. The normalized spacial score (nSPS) is 13.3. The van der Waals surface area contributed by atoms with Crippen molar-refractivity contribution in [3.63, 3.8) is 0 Å². The maximum atomic E-state index is 13.2. The van der Waals surface area contributed by atoms with Gasteiger partial charge in [-0.2, -0.15) is 0 Å². The van der Waals surface area contributed by atoms with Crippen LogP contribution in [0.3, 0.4) is 0 Å². The van der Waals surface area contributed by atoms with Gasteiger partial charge in [-0.3, -0.25) is 0 Å². The first-order valence-electron chi connectivity index (χ1n) is 6.52. The molecule has 2 aromatic carbocycles. The Kier molecular flexibility index (Phi) is 3.91. The van der Waals surface area contributed by atoms with Crippen LogP contribution in [0.15, 0.2) is 42.5 Å². The van der Waals surface area contributed by atoms with Crippen molar-refractivity contribution in [2.45, 2.75) is 32.3 Å². The lowest BCUT2D eigenvalue weighted by Gasteiger charge is -2.20. The molecule has 106 valence electrons. The van der Waals surface area contributed by atoms with Gasteiger partial charge in [-0.1, -0.05) is 51.1 Å². The van der Waals surface area contributed by atoms with Gasteiger partial charge in [0, 0.05) is 0 Å². The molecule has 1 unspecified atom stereocenters. The van der Waals surface area contributed by atoms with Crippen LogP contribution >= 0.6 is 0 Å². The molecule has 0 aromatic heterocycles. The van der Waals surface area contributed by atoms with Crippen LogP contribution in [0.2, 0.25) is 0 Å². The summed E-state index contributed by atoms with van der Waals surface area (Å²) in [5.74, 6) is -1.86. The highest BCUT2D eigenvalue weighted by molar-refractivity contribution is 5.34. The van der Waals surface area contributed by atoms with Gasteiger partial charge < -0.3 is 5.11 Å². The van der Waals surface area contributed by atoms with Gasteiger partial charge in [0.05, 0.1) is 0 Å². The molecule has 1 atom stereocenters. The molecule has 3 heteroatoms. The first-order chi connectivity index (χ1) is 9.29. The highest BCUT2D eigenvalue weighted by Crippen LogP contribution is 2.27. The van der Waals surface area contributed by atoms with Crippen LogP contribution in [-0.4, -0.2) is 5.11 Å². The third-order valence-electron chi connectivity index (χ3n) is 3.35. The van der Waals surface area contributed by atoms with Crippen molar-refractivity contribution in [1.29, 1.82) is 0 Å². The largest absolute Gasteiger partial charge is 0.384 e. The predicted octanol–water partition coefficient (Wildman–Crippen LogP) is 4.34. The molecule has 0 aliphatic carbocycles. The fraction of sp³-hybridized carbons (Fsp3) is 0.294.